The number of rotatable bonds is 2. The quantitative estimate of drug-likeness (QED) is 0.775. The van der Waals surface area contributed by atoms with Crippen molar-refractivity contribution in [2.24, 2.45) is 0 Å². The first-order valence-electron chi connectivity index (χ1n) is 6.71. The van der Waals surface area contributed by atoms with E-state index in [4.69, 9.17) is 5.73 Å². The second kappa shape index (κ2) is 4.63. The van der Waals surface area contributed by atoms with Crippen molar-refractivity contribution in [1.82, 2.24) is 14.8 Å². The smallest absolute Gasteiger partial charge is 0.129 e. The van der Waals surface area contributed by atoms with E-state index >= 15 is 0 Å². The lowest BCUT2D eigenvalue weighted by Crippen LogP contribution is -2.08. The highest BCUT2D eigenvalue weighted by Crippen LogP contribution is 2.20. The molecule has 0 aliphatic rings. The van der Waals surface area contributed by atoms with Gasteiger partial charge in [-0.3, -0.25) is 4.68 Å². The number of hydrogen-bond donors (Lipinski definition) is 1. The van der Waals surface area contributed by atoms with Gasteiger partial charge in [0, 0.05) is 16.6 Å². The number of hydrogen-bond acceptors (Lipinski definition) is 3. The minimum atomic E-state index is 0.578. The second-order valence-corrected chi connectivity index (χ2v) is 5.18. The van der Waals surface area contributed by atoms with E-state index in [0.717, 1.165) is 22.2 Å². The zero-order valence-electron chi connectivity index (χ0n) is 12.0. The zero-order valence-corrected chi connectivity index (χ0v) is 12.0. The second-order valence-electron chi connectivity index (χ2n) is 5.18. The van der Waals surface area contributed by atoms with Gasteiger partial charge in [0.05, 0.1) is 17.8 Å². The highest BCUT2D eigenvalue weighted by Gasteiger charge is 2.10. The largest absolute Gasteiger partial charge is 0.383 e. The first kappa shape index (κ1) is 12.7. The molecule has 2 N–H and O–H groups in total. The molecule has 0 fully saturated rings. The Bertz CT molecular complexity index is 787. The predicted molar refractivity (Wildman–Crippen MR) is 81.7 cm³/mol. The lowest BCUT2D eigenvalue weighted by atomic mass is 10.1. The van der Waals surface area contributed by atoms with Gasteiger partial charge in [-0.15, -0.1) is 0 Å². The van der Waals surface area contributed by atoms with Crippen LogP contribution in [0.1, 0.15) is 22.5 Å². The molecule has 0 atom stereocenters. The molecule has 0 spiro atoms. The van der Waals surface area contributed by atoms with Crippen molar-refractivity contribution in [3.05, 3.63) is 52.8 Å². The number of aromatic nitrogens is 3. The van der Waals surface area contributed by atoms with Crippen LogP contribution in [-0.2, 0) is 6.54 Å². The molecule has 0 radical (unpaired) electrons. The van der Waals surface area contributed by atoms with Gasteiger partial charge < -0.3 is 5.73 Å². The van der Waals surface area contributed by atoms with Crippen LogP contribution >= 0.6 is 0 Å². The van der Waals surface area contributed by atoms with E-state index in [0.29, 0.717) is 12.4 Å². The fourth-order valence-corrected chi connectivity index (χ4v) is 2.40. The Balaban J connectivity index is 2.06. The van der Waals surface area contributed by atoms with Gasteiger partial charge in [0.25, 0.3) is 0 Å². The van der Waals surface area contributed by atoms with Crippen LogP contribution in [0.5, 0.6) is 0 Å². The molecule has 2 aromatic heterocycles. The Labute approximate surface area is 118 Å². The van der Waals surface area contributed by atoms with Gasteiger partial charge in [-0.2, -0.15) is 5.10 Å². The van der Waals surface area contributed by atoms with Gasteiger partial charge in [0.15, 0.2) is 0 Å². The summed E-state index contributed by atoms with van der Waals surface area (Å²) in [6, 6.07) is 10.1. The minimum Gasteiger partial charge on any atom is -0.383 e. The summed E-state index contributed by atoms with van der Waals surface area (Å²) < 4.78 is 1.99. The highest BCUT2D eigenvalue weighted by atomic mass is 15.3. The maximum atomic E-state index is 6.08. The standard InChI is InChI=1S/C16H18N4/c1-10-11(2)19-20(12(10)3)9-14-8-13-6-4-5-7-15(13)18-16(14)17/h4-8H,9H2,1-3H3,(H2,17,18). The van der Waals surface area contributed by atoms with E-state index in [9.17, 15) is 0 Å². The number of benzene rings is 1. The van der Waals surface area contributed by atoms with Crippen LogP contribution in [0.15, 0.2) is 30.3 Å². The van der Waals surface area contributed by atoms with E-state index in [1.165, 1.54) is 11.3 Å². The summed E-state index contributed by atoms with van der Waals surface area (Å²) in [5, 5.41) is 5.67. The lowest BCUT2D eigenvalue weighted by Gasteiger charge is -2.09. The van der Waals surface area contributed by atoms with E-state index in [1.807, 2.05) is 29.8 Å². The maximum Gasteiger partial charge on any atom is 0.129 e. The van der Waals surface area contributed by atoms with Crippen molar-refractivity contribution in [2.75, 3.05) is 5.73 Å². The molecule has 2 heterocycles. The monoisotopic (exact) mass is 266 g/mol. The summed E-state index contributed by atoms with van der Waals surface area (Å²) in [4.78, 5) is 4.47. The predicted octanol–water partition coefficient (Wildman–Crippen LogP) is 2.99. The molecule has 0 unspecified atom stereocenters. The Hall–Kier alpha value is -2.36. The van der Waals surface area contributed by atoms with Crippen molar-refractivity contribution >= 4 is 16.7 Å². The molecule has 0 saturated heterocycles. The molecular formula is C16H18N4. The average Bonchev–Trinajstić information content (AvgIpc) is 2.67. The van der Waals surface area contributed by atoms with Crippen molar-refractivity contribution < 1.29 is 0 Å². The summed E-state index contributed by atoms with van der Waals surface area (Å²) in [6.45, 7) is 6.86. The van der Waals surface area contributed by atoms with Crippen LogP contribution in [0.4, 0.5) is 5.82 Å². The molecule has 0 saturated carbocycles. The van der Waals surface area contributed by atoms with Crippen molar-refractivity contribution in [3.63, 3.8) is 0 Å². The fourth-order valence-electron chi connectivity index (χ4n) is 2.40. The van der Waals surface area contributed by atoms with E-state index in [2.05, 4.69) is 36.1 Å². The summed E-state index contributed by atoms with van der Waals surface area (Å²) in [7, 11) is 0. The SMILES string of the molecule is Cc1nn(Cc2cc3ccccc3nc2N)c(C)c1C. The van der Waals surface area contributed by atoms with Crippen LogP contribution in [0, 0.1) is 20.8 Å². The number of para-hydroxylation sites is 1. The van der Waals surface area contributed by atoms with Crippen LogP contribution in [0.2, 0.25) is 0 Å². The first-order chi connectivity index (χ1) is 9.56. The van der Waals surface area contributed by atoms with Crippen LogP contribution in [0.25, 0.3) is 10.9 Å². The third kappa shape index (κ3) is 2.03. The summed E-state index contributed by atoms with van der Waals surface area (Å²) in [5.41, 5.74) is 11.5. The topological polar surface area (TPSA) is 56.7 Å². The van der Waals surface area contributed by atoms with E-state index in [1.54, 1.807) is 0 Å². The number of nitrogens with two attached hydrogens (primary N) is 1. The lowest BCUT2D eigenvalue weighted by molar-refractivity contribution is 0.659. The molecule has 4 nitrogen and oxygen atoms in total. The number of pyridine rings is 1. The fraction of sp³-hybridized carbons (Fsp3) is 0.250. The first-order valence-corrected chi connectivity index (χ1v) is 6.71. The summed E-state index contributed by atoms with van der Waals surface area (Å²) >= 11 is 0. The van der Waals surface area contributed by atoms with Gasteiger partial charge >= 0.3 is 0 Å². The molecule has 0 amide bonds. The molecule has 1 aromatic carbocycles. The number of aryl methyl sites for hydroxylation is 1. The number of nitrogen functional groups attached to an aromatic ring is 1. The van der Waals surface area contributed by atoms with Gasteiger partial charge in [-0.25, -0.2) is 4.98 Å². The normalized spacial score (nSPS) is 11.2. The molecule has 0 bridgehead atoms. The third-order valence-electron chi connectivity index (χ3n) is 3.90. The van der Waals surface area contributed by atoms with E-state index in [-0.39, 0.29) is 0 Å². The molecule has 4 heteroatoms. The van der Waals surface area contributed by atoms with E-state index < -0.39 is 0 Å². The van der Waals surface area contributed by atoms with Crippen molar-refractivity contribution in [2.45, 2.75) is 27.3 Å². The zero-order chi connectivity index (χ0) is 14.3. The Morgan fingerprint density at radius 3 is 2.60 bits per heavy atom. The van der Waals surface area contributed by atoms with Gasteiger partial charge in [0.1, 0.15) is 5.82 Å². The Morgan fingerprint density at radius 2 is 1.90 bits per heavy atom. The van der Waals surface area contributed by atoms with Gasteiger partial charge in [0.2, 0.25) is 0 Å². The van der Waals surface area contributed by atoms with Crippen LogP contribution in [0.3, 0.4) is 0 Å². The molecule has 0 aliphatic carbocycles. The average molecular weight is 266 g/mol. The number of fused-ring (bicyclic) bond motifs is 1. The van der Waals surface area contributed by atoms with Crippen molar-refractivity contribution in [1.29, 1.82) is 0 Å². The molecule has 3 rings (SSSR count). The Kier molecular flexibility index (Phi) is 2.93. The highest BCUT2D eigenvalue weighted by molar-refractivity contribution is 5.81. The van der Waals surface area contributed by atoms with Gasteiger partial charge in [-0.1, -0.05) is 18.2 Å². The number of anilines is 1. The maximum absolute atomic E-state index is 6.08. The molecular weight excluding hydrogens is 248 g/mol. The van der Waals surface area contributed by atoms with Crippen LogP contribution < -0.4 is 5.73 Å². The minimum absolute atomic E-state index is 0.578. The number of nitrogens with zero attached hydrogens (tertiary/aromatic N) is 3. The molecule has 0 aliphatic heterocycles. The summed E-state index contributed by atoms with van der Waals surface area (Å²) in [5.74, 6) is 0.578. The third-order valence-corrected chi connectivity index (χ3v) is 3.90. The van der Waals surface area contributed by atoms with Gasteiger partial charge in [-0.05, 0) is 38.5 Å². The molecule has 102 valence electrons. The molecule has 20 heavy (non-hydrogen) atoms. The van der Waals surface area contributed by atoms with Crippen molar-refractivity contribution in [3.8, 4) is 0 Å². The Morgan fingerprint density at radius 1 is 1.15 bits per heavy atom. The molecule has 3 aromatic rings. The summed E-state index contributed by atoms with van der Waals surface area (Å²) in [6.07, 6.45) is 0. The van der Waals surface area contributed by atoms with Crippen LogP contribution in [-0.4, -0.2) is 14.8 Å².